The SMILES string of the molecule is COC(C)OCOc1cc2ccc(-c3ccccc3OC(C)C3CNCCO3)cc2cc1C12CC3CC(CC(C3)C1)C2. The fourth-order valence-electron chi connectivity index (χ4n) is 8.65. The number of ether oxygens (including phenoxy) is 5. The molecule has 1 saturated heterocycles. The summed E-state index contributed by atoms with van der Waals surface area (Å²) in [5.41, 5.74) is 3.84. The van der Waals surface area contributed by atoms with Crippen LogP contribution in [0.1, 0.15) is 57.9 Å². The minimum Gasteiger partial charge on any atom is -0.487 e. The Morgan fingerprint density at radius 2 is 1.67 bits per heavy atom. The number of benzene rings is 3. The normalized spacial score (nSPS) is 29.9. The van der Waals surface area contributed by atoms with Gasteiger partial charge in [-0.05, 0) is 116 Å². The summed E-state index contributed by atoms with van der Waals surface area (Å²) in [6.07, 6.45) is 7.77. The van der Waals surface area contributed by atoms with Gasteiger partial charge in [0.2, 0.25) is 0 Å². The van der Waals surface area contributed by atoms with Crippen LogP contribution in [0.2, 0.25) is 0 Å². The van der Waals surface area contributed by atoms with Gasteiger partial charge in [-0.1, -0.05) is 30.3 Å². The largest absolute Gasteiger partial charge is 0.487 e. The first-order valence-corrected chi connectivity index (χ1v) is 15.9. The molecule has 1 heterocycles. The molecule has 0 spiro atoms. The van der Waals surface area contributed by atoms with Gasteiger partial charge in [0, 0.05) is 31.3 Å². The van der Waals surface area contributed by atoms with Crippen LogP contribution in [0.3, 0.4) is 0 Å². The van der Waals surface area contributed by atoms with Gasteiger partial charge in [0.05, 0.1) is 6.61 Å². The van der Waals surface area contributed by atoms with E-state index < -0.39 is 0 Å². The van der Waals surface area contributed by atoms with Gasteiger partial charge in [-0.2, -0.15) is 0 Å². The molecule has 5 aliphatic rings. The van der Waals surface area contributed by atoms with Crippen molar-refractivity contribution >= 4 is 10.8 Å². The van der Waals surface area contributed by atoms with E-state index in [0.717, 1.165) is 60.1 Å². The molecule has 4 bridgehead atoms. The smallest absolute Gasteiger partial charge is 0.191 e. The van der Waals surface area contributed by atoms with Crippen molar-refractivity contribution in [2.45, 2.75) is 76.3 Å². The molecule has 0 radical (unpaired) electrons. The lowest BCUT2D eigenvalue weighted by atomic mass is 9.48. The summed E-state index contributed by atoms with van der Waals surface area (Å²) in [4.78, 5) is 0. The Morgan fingerprint density at radius 1 is 0.905 bits per heavy atom. The maximum atomic E-state index is 6.52. The summed E-state index contributed by atoms with van der Waals surface area (Å²) in [5.74, 6) is 4.42. The first-order valence-electron chi connectivity index (χ1n) is 15.9. The Kier molecular flexibility index (Phi) is 7.91. The van der Waals surface area contributed by atoms with Crippen LogP contribution in [0.4, 0.5) is 0 Å². The van der Waals surface area contributed by atoms with Crippen molar-refractivity contribution in [2.24, 2.45) is 17.8 Å². The van der Waals surface area contributed by atoms with Crippen LogP contribution in [0, 0.1) is 17.8 Å². The third kappa shape index (κ3) is 5.55. The minimum atomic E-state index is -0.304. The van der Waals surface area contributed by atoms with Crippen LogP contribution < -0.4 is 14.8 Å². The van der Waals surface area contributed by atoms with E-state index in [1.807, 2.05) is 13.0 Å². The molecule has 4 aliphatic carbocycles. The van der Waals surface area contributed by atoms with E-state index in [9.17, 15) is 0 Å². The monoisotopic (exact) mass is 571 g/mol. The molecule has 3 atom stereocenters. The quantitative estimate of drug-likeness (QED) is 0.263. The molecule has 5 fully saturated rings. The molecule has 6 nitrogen and oxygen atoms in total. The van der Waals surface area contributed by atoms with Gasteiger partial charge in [0.15, 0.2) is 13.1 Å². The number of para-hydroxylation sites is 1. The highest BCUT2D eigenvalue weighted by atomic mass is 16.7. The zero-order chi connectivity index (χ0) is 28.7. The highest BCUT2D eigenvalue weighted by Crippen LogP contribution is 2.62. The van der Waals surface area contributed by atoms with E-state index >= 15 is 0 Å². The zero-order valence-corrected chi connectivity index (χ0v) is 25.3. The molecule has 224 valence electrons. The second-order valence-corrected chi connectivity index (χ2v) is 13.3. The maximum Gasteiger partial charge on any atom is 0.191 e. The number of nitrogens with one attached hydrogen (secondary N) is 1. The molecule has 0 amide bonds. The van der Waals surface area contributed by atoms with Gasteiger partial charge < -0.3 is 29.0 Å². The maximum absolute atomic E-state index is 6.52. The Hall–Kier alpha value is -2.64. The lowest BCUT2D eigenvalue weighted by Crippen LogP contribution is -2.48. The summed E-state index contributed by atoms with van der Waals surface area (Å²) in [6.45, 7) is 6.61. The molecule has 3 unspecified atom stereocenters. The fourth-order valence-corrected chi connectivity index (χ4v) is 8.65. The molecule has 42 heavy (non-hydrogen) atoms. The first kappa shape index (κ1) is 28.1. The first-order chi connectivity index (χ1) is 20.5. The van der Waals surface area contributed by atoms with Crippen LogP contribution in [0.5, 0.6) is 11.5 Å². The van der Waals surface area contributed by atoms with Crippen LogP contribution >= 0.6 is 0 Å². The van der Waals surface area contributed by atoms with Gasteiger partial charge in [-0.15, -0.1) is 0 Å². The third-order valence-electron chi connectivity index (χ3n) is 10.4. The molecule has 4 saturated carbocycles. The van der Waals surface area contributed by atoms with Crippen LogP contribution in [0.15, 0.2) is 54.6 Å². The van der Waals surface area contributed by atoms with Gasteiger partial charge in [0.1, 0.15) is 23.7 Å². The van der Waals surface area contributed by atoms with Gasteiger partial charge in [0.25, 0.3) is 0 Å². The molecule has 6 heteroatoms. The molecule has 1 N–H and O–H groups in total. The Labute approximate surface area is 250 Å². The second-order valence-electron chi connectivity index (χ2n) is 13.3. The average Bonchev–Trinajstić information content (AvgIpc) is 3.00. The Morgan fingerprint density at radius 3 is 2.38 bits per heavy atom. The summed E-state index contributed by atoms with van der Waals surface area (Å²) in [6, 6.07) is 19.8. The molecule has 3 aromatic carbocycles. The standard InChI is InChI=1S/C36H45NO5/c1-23(35-21-37-10-11-39-35)42-33-7-5-4-6-31(33)29-9-8-28-17-34(41-22-40-24(2)38-3)32(16-30(28)15-29)36-18-25-12-26(19-36)14-27(13-25)20-36/h4-9,15-17,23-27,35,37H,10-14,18-22H2,1-3H3. The minimum absolute atomic E-state index is 0.0422. The van der Waals surface area contributed by atoms with E-state index in [0.29, 0.717) is 0 Å². The molecule has 1 aliphatic heterocycles. The van der Waals surface area contributed by atoms with Crippen molar-refractivity contribution < 1.29 is 23.7 Å². The number of hydrogen-bond acceptors (Lipinski definition) is 6. The van der Waals surface area contributed by atoms with Crippen LogP contribution in [-0.2, 0) is 19.6 Å². The lowest BCUT2D eigenvalue weighted by molar-refractivity contribution is -0.150. The van der Waals surface area contributed by atoms with Gasteiger partial charge in [-0.25, -0.2) is 0 Å². The predicted molar refractivity (Wildman–Crippen MR) is 165 cm³/mol. The number of morpholine rings is 1. The predicted octanol–water partition coefficient (Wildman–Crippen LogP) is 7.08. The van der Waals surface area contributed by atoms with Crippen molar-refractivity contribution in [3.63, 3.8) is 0 Å². The van der Waals surface area contributed by atoms with E-state index in [-0.39, 0.29) is 30.7 Å². The molecule has 8 rings (SSSR count). The van der Waals surface area contributed by atoms with Gasteiger partial charge in [-0.3, -0.25) is 0 Å². The van der Waals surface area contributed by atoms with Gasteiger partial charge >= 0.3 is 0 Å². The van der Waals surface area contributed by atoms with E-state index in [1.165, 1.54) is 54.9 Å². The van der Waals surface area contributed by atoms with Crippen molar-refractivity contribution in [3.05, 3.63) is 60.2 Å². The van der Waals surface area contributed by atoms with Crippen molar-refractivity contribution in [2.75, 3.05) is 33.6 Å². The zero-order valence-electron chi connectivity index (χ0n) is 25.3. The summed E-state index contributed by atoms with van der Waals surface area (Å²) < 4.78 is 30.0. The summed E-state index contributed by atoms with van der Waals surface area (Å²) in [5, 5.41) is 5.84. The van der Waals surface area contributed by atoms with Crippen molar-refractivity contribution in [1.29, 1.82) is 0 Å². The van der Waals surface area contributed by atoms with Crippen molar-refractivity contribution in [3.8, 4) is 22.6 Å². The molecular formula is C36H45NO5. The van der Waals surface area contributed by atoms with Crippen molar-refractivity contribution in [1.82, 2.24) is 5.32 Å². The molecule has 0 aromatic heterocycles. The average molecular weight is 572 g/mol. The topological polar surface area (TPSA) is 58.2 Å². The number of rotatable bonds is 10. The summed E-state index contributed by atoms with van der Waals surface area (Å²) >= 11 is 0. The van der Waals surface area contributed by atoms with E-state index in [4.69, 9.17) is 23.7 Å². The number of hydrogen-bond donors (Lipinski definition) is 1. The lowest BCUT2D eigenvalue weighted by Gasteiger charge is -2.57. The van der Waals surface area contributed by atoms with Crippen LogP contribution in [-0.4, -0.2) is 52.1 Å². The van der Waals surface area contributed by atoms with E-state index in [2.05, 4.69) is 60.8 Å². The second kappa shape index (κ2) is 11.8. The fraction of sp³-hybridized carbons (Fsp3) is 0.556. The Balaban J connectivity index is 1.23. The molecular weight excluding hydrogens is 526 g/mol. The molecule has 3 aromatic rings. The highest BCUT2D eigenvalue weighted by Gasteiger charge is 2.52. The van der Waals surface area contributed by atoms with Crippen LogP contribution in [0.25, 0.3) is 21.9 Å². The highest BCUT2D eigenvalue weighted by molar-refractivity contribution is 5.90. The van der Waals surface area contributed by atoms with E-state index in [1.54, 1.807) is 7.11 Å². The Bertz CT molecular complexity index is 1360. The number of fused-ring (bicyclic) bond motifs is 1. The number of methoxy groups -OCH3 is 1. The third-order valence-corrected chi connectivity index (χ3v) is 10.4. The summed E-state index contributed by atoms with van der Waals surface area (Å²) in [7, 11) is 1.66.